The first kappa shape index (κ1) is 24.1. The highest BCUT2D eigenvalue weighted by Crippen LogP contribution is 2.48. The lowest BCUT2D eigenvalue weighted by atomic mass is 9.93. The van der Waals surface area contributed by atoms with Gasteiger partial charge in [-0.2, -0.15) is 0 Å². The van der Waals surface area contributed by atoms with E-state index < -0.39 is 11.4 Å². The third kappa shape index (κ3) is 4.89. The number of halogens is 1. The van der Waals surface area contributed by atoms with Gasteiger partial charge in [-0.25, -0.2) is 0 Å². The molecule has 1 saturated carbocycles. The van der Waals surface area contributed by atoms with E-state index >= 15 is 0 Å². The van der Waals surface area contributed by atoms with Gasteiger partial charge in [0.1, 0.15) is 11.4 Å². The van der Waals surface area contributed by atoms with Gasteiger partial charge in [0, 0.05) is 16.6 Å². The zero-order valence-corrected chi connectivity index (χ0v) is 21.2. The smallest absolute Gasteiger partial charge is 0.314 e. The Kier molecular flexibility index (Phi) is 6.59. The summed E-state index contributed by atoms with van der Waals surface area (Å²) in [6, 6.07) is 24.3. The highest BCUT2D eigenvalue weighted by Gasteiger charge is 2.51. The Morgan fingerprint density at radius 1 is 1.06 bits per heavy atom. The minimum atomic E-state index is -0.731. The van der Waals surface area contributed by atoms with Crippen LogP contribution in [-0.2, 0) is 16.6 Å². The molecule has 0 aliphatic heterocycles. The molecule has 1 aliphatic rings. The van der Waals surface area contributed by atoms with E-state index in [0.29, 0.717) is 12.8 Å². The predicted octanol–water partition coefficient (Wildman–Crippen LogP) is 7.52. The molecule has 0 radical (unpaired) electrons. The first-order chi connectivity index (χ1) is 17.4. The van der Waals surface area contributed by atoms with Crippen molar-refractivity contribution in [1.82, 2.24) is 5.16 Å². The summed E-state index contributed by atoms with van der Waals surface area (Å²) in [4.78, 5) is 11.6. The molecular weight excluding hydrogens is 472 g/mol. The summed E-state index contributed by atoms with van der Waals surface area (Å²) in [5, 5.41) is 18.1. The van der Waals surface area contributed by atoms with Crippen LogP contribution in [0.3, 0.4) is 0 Å². The van der Waals surface area contributed by atoms with Crippen LogP contribution in [0.25, 0.3) is 22.5 Å². The number of nitrogens with one attached hydrogen (secondary N) is 1. The van der Waals surface area contributed by atoms with Crippen molar-refractivity contribution >= 4 is 23.3 Å². The summed E-state index contributed by atoms with van der Waals surface area (Å²) < 4.78 is 5.70. The molecule has 0 bridgehead atoms. The highest BCUT2D eigenvalue weighted by molar-refractivity contribution is 6.30. The van der Waals surface area contributed by atoms with Crippen LogP contribution in [0.5, 0.6) is 0 Å². The topological polar surface area (TPSA) is 75.4 Å². The number of carboxylic acid groups (broad SMARTS) is 1. The molecule has 1 heterocycles. The Hall–Kier alpha value is -3.57. The number of aromatic nitrogens is 1. The molecule has 2 N–H and O–H groups in total. The number of benzene rings is 3. The van der Waals surface area contributed by atoms with Crippen LogP contribution in [0, 0.1) is 6.92 Å². The highest BCUT2D eigenvalue weighted by atomic mass is 35.5. The number of carboxylic acids is 1. The van der Waals surface area contributed by atoms with Gasteiger partial charge < -0.3 is 14.9 Å². The van der Waals surface area contributed by atoms with E-state index in [9.17, 15) is 9.90 Å². The largest absolute Gasteiger partial charge is 0.481 e. The van der Waals surface area contributed by atoms with Gasteiger partial charge in [-0.05, 0) is 73.9 Å². The second-order valence-corrected chi connectivity index (χ2v) is 10.2. The molecule has 1 aromatic heterocycles. The predicted molar refractivity (Wildman–Crippen MR) is 144 cm³/mol. The van der Waals surface area contributed by atoms with E-state index in [1.807, 2.05) is 61.5 Å². The molecule has 0 amide bonds. The first-order valence-corrected chi connectivity index (χ1v) is 12.7. The minimum Gasteiger partial charge on any atom is -0.481 e. The standard InChI is InChI=1S/C30H29ClN2O3/c1-19(6-7-21-4-3-5-26(31)18-21)32-27-20(2)33-36-28(27)24-10-8-22(9-11-24)23-12-14-25(15-13-23)30(16-17-30)29(34)35/h3-5,8-15,18-19,32H,6-7,16-17H2,1-2H3,(H,34,35). The maximum atomic E-state index is 11.6. The van der Waals surface area contributed by atoms with Crippen LogP contribution in [0.4, 0.5) is 5.69 Å². The van der Waals surface area contributed by atoms with Crippen molar-refractivity contribution < 1.29 is 14.4 Å². The summed E-state index contributed by atoms with van der Waals surface area (Å²) in [6.07, 6.45) is 3.29. The number of aliphatic carboxylic acids is 1. The molecule has 1 atom stereocenters. The molecule has 1 fully saturated rings. The molecule has 1 aliphatic carbocycles. The van der Waals surface area contributed by atoms with Gasteiger partial charge in [-0.15, -0.1) is 0 Å². The lowest BCUT2D eigenvalue weighted by Crippen LogP contribution is -2.19. The van der Waals surface area contributed by atoms with Crippen LogP contribution in [0.1, 0.15) is 43.0 Å². The monoisotopic (exact) mass is 500 g/mol. The SMILES string of the molecule is Cc1noc(-c2ccc(-c3ccc(C4(C(=O)O)CC4)cc3)cc2)c1NC(C)CCc1cccc(Cl)c1. The van der Waals surface area contributed by atoms with Gasteiger partial charge in [0.25, 0.3) is 0 Å². The Morgan fingerprint density at radius 3 is 2.31 bits per heavy atom. The van der Waals surface area contributed by atoms with Crippen LogP contribution in [-0.4, -0.2) is 22.3 Å². The van der Waals surface area contributed by atoms with Gasteiger partial charge in [0.2, 0.25) is 0 Å². The van der Waals surface area contributed by atoms with E-state index in [-0.39, 0.29) is 6.04 Å². The van der Waals surface area contributed by atoms with Crippen LogP contribution in [0.15, 0.2) is 77.3 Å². The molecule has 36 heavy (non-hydrogen) atoms. The van der Waals surface area contributed by atoms with Gasteiger partial charge >= 0.3 is 5.97 Å². The number of carbonyl (C=O) groups is 1. The fraction of sp³-hybridized carbons (Fsp3) is 0.267. The van der Waals surface area contributed by atoms with Crippen molar-refractivity contribution in [3.63, 3.8) is 0 Å². The van der Waals surface area contributed by atoms with E-state index in [4.69, 9.17) is 16.1 Å². The van der Waals surface area contributed by atoms with Gasteiger partial charge in [0.15, 0.2) is 5.76 Å². The molecule has 6 heteroatoms. The number of anilines is 1. The van der Waals surface area contributed by atoms with Crippen molar-refractivity contribution in [3.8, 4) is 22.5 Å². The summed E-state index contributed by atoms with van der Waals surface area (Å²) in [7, 11) is 0. The van der Waals surface area contributed by atoms with E-state index in [2.05, 4.69) is 35.6 Å². The fourth-order valence-electron chi connectivity index (χ4n) is 4.68. The van der Waals surface area contributed by atoms with Crippen molar-refractivity contribution in [2.45, 2.75) is 51.0 Å². The average Bonchev–Trinajstić information content (AvgIpc) is 3.63. The molecule has 0 saturated heterocycles. The number of aryl methyl sites for hydroxylation is 2. The zero-order chi connectivity index (χ0) is 25.3. The molecule has 0 spiro atoms. The summed E-state index contributed by atoms with van der Waals surface area (Å²) in [6.45, 7) is 4.10. The van der Waals surface area contributed by atoms with Gasteiger partial charge in [-0.1, -0.05) is 77.4 Å². The number of rotatable bonds is 9. The molecule has 1 unspecified atom stereocenters. The van der Waals surface area contributed by atoms with Crippen LogP contribution in [0.2, 0.25) is 5.02 Å². The van der Waals surface area contributed by atoms with Gasteiger partial charge in [-0.3, -0.25) is 4.79 Å². The Bertz CT molecular complexity index is 1370. The molecule has 5 nitrogen and oxygen atoms in total. The summed E-state index contributed by atoms with van der Waals surface area (Å²) >= 11 is 6.12. The fourth-order valence-corrected chi connectivity index (χ4v) is 4.89. The quantitative estimate of drug-likeness (QED) is 0.248. The van der Waals surface area contributed by atoms with Crippen LogP contribution < -0.4 is 5.32 Å². The Labute approximate surface area is 216 Å². The van der Waals surface area contributed by atoms with E-state index in [0.717, 1.165) is 57.3 Å². The summed E-state index contributed by atoms with van der Waals surface area (Å²) in [5.41, 5.74) is 6.22. The molecule has 5 rings (SSSR count). The number of hydrogen-bond acceptors (Lipinski definition) is 4. The summed E-state index contributed by atoms with van der Waals surface area (Å²) in [5.74, 6) is -0.00807. The lowest BCUT2D eigenvalue weighted by Gasteiger charge is -2.15. The molecule has 3 aromatic carbocycles. The zero-order valence-electron chi connectivity index (χ0n) is 20.4. The molecule has 4 aromatic rings. The molecule has 184 valence electrons. The van der Waals surface area contributed by atoms with Crippen molar-refractivity contribution in [2.75, 3.05) is 5.32 Å². The Morgan fingerprint density at radius 2 is 1.69 bits per heavy atom. The lowest BCUT2D eigenvalue weighted by molar-refractivity contribution is -0.140. The van der Waals surface area contributed by atoms with Crippen molar-refractivity contribution in [3.05, 3.63) is 94.6 Å². The third-order valence-electron chi connectivity index (χ3n) is 7.09. The number of nitrogens with zero attached hydrogens (tertiary/aromatic N) is 1. The van der Waals surface area contributed by atoms with E-state index in [1.54, 1.807) is 0 Å². The van der Waals surface area contributed by atoms with Gasteiger partial charge in [0.05, 0.1) is 5.41 Å². The van der Waals surface area contributed by atoms with Crippen molar-refractivity contribution in [1.29, 1.82) is 0 Å². The molecular formula is C30H29ClN2O3. The normalized spacial score (nSPS) is 14.9. The maximum absolute atomic E-state index is 11.6. The maximum Gasteiger partial charge on any atom is 0.314 e. The second-order valence-electron chi connectivity index (χ2n) is 9.73. The third-order valence-corrected chi connectivity index (χ3v) is 7.32. The second kappa shape index (κ2) is 9.82. The first-order valence-electron chi connectivity index (χ1n) is 12.3. The average molecular weight is 501 g/mol. The van der Waals surface area contributed by atoms with E-state index in [1.165, 1.54) is 5.56 Å². The van der Waals surface area contributed by atoms with Crippen molar-refractivity contribution in [2.24, 2.45) is 0 Å². The number of hydrogen-bond donors (Lipinski definition) is 2. The van der Waals surface area contributed by atoms with Crippen LogP contribution >= 0.6 is 11.6 Å². The minimum absolute atomic E-state index is 0.221. The Balaban J connectivity index is 1.28.